The molecule has 0 aliphatic rings. The Morgan fingerprint density at radius 2 is 1.81 bits per heavy atom. The molecule has 0 aliphatic heterocycles. The van der Waals surface area contributed by atoms with Crippen LogP contribution < -0.4 is 10.6 Å². The highest BCUT2D eigenvalue weighted by molar-refractivity contribution is 6.30. The van der Waals surface area contributed by atoms with E-state index in [9.17, 15) is 14.0 Å². The van der Waals surface area contributed by atoms with Crippen LogP contribution in [0.25, 0.3) is 0 Å². The summed E-state index contributed by atoms with van der Waals surface area (Å²) >= 11 is 5.72. The second-order valence-electron chi connectivity index (χ2n) is 4.25. The first-order valence-corrected chi connectivity index (χ1v) is 6.51. The maximum Gasteiger partial charge on any atom is 0.251 e. The summed E-state index contributed by atoms with van der Waals surface area (Å²) in [7, 11) is 0. The number of nitrogens with one attached hydrogen (secondary N) is 2. The van der Waals surface area contributed by atoms with E-state index in [2.05, 4.69) is 10.6 Å². The van der Waals surface area contributed by atoms with Gasteiger partial charge in [-0.05, 0) is 42.5 Å². The number of amides is 2. The molecule has 0 fully saturated rings. The number of rotatable bonds is 4. The van der Waals surface area contributed by atoms with Crippen molar-refractivity contribution < 1.29 is 14.0 Å². The van der Waals surface area contributed by atoms with Crippen molar-refractivity contribution in [2.45, 2.75) is 0 Å². The van der Waals surface area contributed by atoms with E-state index < -0.39 is 11.7 Å². The third-order valence-electron chi connectivity index (χ3n) is 2.62. The molecule has 0 atom stereocenters. The van der Waals surface area contributed by atoms with Crippen molar-refractivity contribution in [3.63, 3.8) is 0 Å². The fraction of sp³-hybridized carbons (Fsp3) is 0.0667. The van der Waals surface area contributed by atoms with Crippen LogP contribution in [0.3, 0.4) is 0 Å². The van der Waals surface area contributed by atoms with Crippen molar-refractivity contribution in [1.82, 2.24) is 5.32 Å². The van der Waals surface area contributed by atoms with Crippen LogP contribution in [0.15, 0.2) is 48.5 Å². The van der Waals surface area contributed by atoms with E-state index in [1.54, 1.807) is 30.3 Å². The van der Waals surface area contributed by atoms with Crippen LogP contribution in [-0.4, -0.2) is 18.4 Å². The summed E-state index contributed by atoms with van der Waals surface area (Å²) in [5, 5.41) is 5.47. The van der Waals surface area contributed by atoms with E-state index in [4.69, 9.17) is 11.6 Å². The standard InChI is InChI=1S/C15H12ClFN2O2/c16-11-6-4-10(5-7-11)15(21)18-9-14(20)19-13-3-1-2-12(17)8-13/h1-8H,9H2,(H,18,21)(H,19,20). The Labute approximate surface area is 125 Å². The maximum absolute atomic E-state index is 13.0. The second kappa shape index (κ2) is 6.85. The third kappa shape index (κ3) is 4.57. The molecule has 2 aromatic rings. The summed E-state index contributed by atoms with van der Waals surface area (Å²) in [4.78, 5) is 23.4. The van der Waals surface area contributed by atoms with E-state index in [1.807, 2.05) is 0 Å². The first-order chi connectivity index (χ1) is 10.0. The van der Waals surface area contributed by atoms with Gasteiger partial charge in [0.15, 0.2) is 0 Å². The molecule has 0 saturated heterocycles. The number of halogens is 2. The van der Waals surface area contributed by atoms with Crippen LogP contribution in [0, 0.1) is 5.82 Å². The molecule has 2 amide bonds. The van der Waals surface area contributed by atoms with Crippen LogP contribution in [-0.2, 0) is 4.79 Å². The smallest absolute Gasteiger partial charge is 0.251 e. The van der Waals surface area contributed by atoms with Crippen molar-refractivity contribution in [2.75, 3.05) is 11.9 Å². The Morgan fingerprint density at radius 1 is 1.10 bits per heavy atom. The van der Waals surface area contributed by atoms with Gasteiger partial charge in [-0.25, -0.2) is 4.39 Å². The zero-order valence-corrected chi connectivity index (χ0v) is 11.7. The monoisotopic (exact) mass is 306 g/mol. The first-order valence-electron chi connectivity index (χ1n) is 6.14. The molecule has 4 nitrogen and oxygen atoms in total. The number of carbonyl (C=O) groups excluding carboxylic acids is 2. The van der Waals surface area contributed by atoms with Crippen molar-refractivity contribution in [1.29, 1.82) is 0 Å². The minimum Gasteiger partial charge on any atom is -0.343 e. The summed E-state index contributed by atoms with van der Waals surface area (Å²) in [5.41, 5.74) is 0.735. The minimum absolute atomic E-state index is 0.210. The highest BCUT2D eigenvalue weighted by Crippen LogP contribution is 2.10. The van der Waals surface area contributed by atoms with Gasteiger partial charge in [0, 0.05) is 16.3 Å². The molecule has 6 heteroatoms. The molecular weight excluding hydrogens is 295 g/mol. The molecule has 0 unspecified atom stereocenters. The quantitative estimate of drug-likeness (QED) is 0.912. The van der Waals surface area contributed by atoms with Crippen LogP contribution in [0.5, 0.6) is 0 Å². The lowest BCUT2D eigenvalue weighted by Gasteiger charge is -2.07. The van der Waals surface area contributed by atoms with Crippen molar-refractivity contribution in [3.05, 3.63) is 64.9 Å². The van der Waals surface area contributed by atoms with Gasteiger partial charge < -0.3 is 10.6 Å². The summed E-state index contributed by atoms with van der Waals surface area (Å²) in [6.07, 6.45) is 0. The van der Waals surface area contributed by atoms with Crippen LogP contribution in [0.4, 0.5) is 10.1 Å². The summed E-state index contributed by atoms with van der Waals surface area (Å²) in [5.74, 6) is -1.28. The molecule has 2 rings (SSSR count). The molecule has 0 heterocycles. The van der Waals surface area contributed by atoms with Crippen LogP contribution in [0.2, 0.25) is 5.02 Å². The normalized spacial score (nSPS) is 10.0. The molecule has 21 heavy (non-hydrogen) atoms. The van der Waals surface area contributed by atoms with E-state index in [0.717, 1.165) is 0 Å². The molecule has 0 aliphatic carbocycles. The Bertz CT molecular complexity index is 659. The van der Waals surface area contributed by atoms with Gasteiger partial charge in [-0.3, -0.25) is 9.59 Å². The van der Waals surface area contributed by atoms with Crippen LogP contribution >= 0.6 is 11.6 Å². The predicted molar refractivity (Wildman–Crippen MR) is 78.8 cm³/mol. The van der Waals surface area contributed by atoms with Crippen molar-refractivity contribution in [3.8, 4) is 0 Å². The summed E-state index contributed by atoms with van der Waals surface area (Å²) in [6, 6.07) is 11.8. The Hall–Kier alpha value is -2.40. The molecule has 2 N–H and O–H groups in total. The molecule has 108 valence electrons. The van der Waals surface area contributed by atoms with Gasteiger partial charge in [-0.15, -0.1) is 0 Å². The lowest BCUT2D eigenvalue weighted by Crippen LogP contribution is -2.32. The van der Waals surface area contributed by atoms with Gasteiger partial charge in [0.2, 0.25) is 5.91 Å². The highest BCUT2D eigenvalue weighted by Gasteiger charge is 2.08. The molecule has 0 radical (unpaired) electrons. The first kappa shape index (κ1) is 15.0. The van der Waals surface area contributed by atoms with Gasteiger partial charge in [0.25, 0.3) is 5.91 Å². The Balaban J connectivity index is 1.86. The predicted octanol–water partition coefficient (Wildman–Crippen LogP) is 2.85. The molecule has 0 saturated carbocycles. The lowest BCUT2D eigenvalue weighted by atomic mass is 10.2. The number of benzene rings is 2. The summed E-state index contributed by atoms with van der Waals surface area (Å²) in [6.45, 7) is -0.210. The zero-order valence-electron chi connectivity index (χ0n) is 10.9. The van der Waals surface area contributed by atoms with E-state index in [1.165, 1.54) is 18.2 Å². The van der Waals surface area contributed by atoms with Gasteiger partial charge in [0.1, 0.15) is 5.82 Å². The van der Waals surface area contributed by atoms with Gasteiger partial charge in [-0.2, -0.15) is 0 Å². The maximum atomic E-state index is 13.0. The molecule has 0 spiro atoms. The van der Waals surface area contributed by atoms with E-state index in [0.29, 0.717) is 16.3 Å². The fourth-order valence-electron chi connectivity index (χ4n) is 1.64. The topological polar surface area (TPSA) is 58.2 Å². The second-order valence-corrected chi connectivity index (χ2v) is 4.68. The van der Waals surface area contributed by atoms with Crippen molar-refractivity contribution in [2.24, 2.45) is 0 Å². The minimum atomic E-state index is -0.446. The highest BCUT2D eigenvalue weighted by atomic mass is 35.5. The zero-order chi connectivity index (χ0) is 15.2. The van der Waals surface area contributed by atoms with E-state index >= 15 is 0 Å². The number of hydrogen-bond donors (Lipinski definition) is 2. The Morgan fingerprint density at radius 3 is 2.48 bits per heavy atom. The number of carbonyl (C=O) groups is 2. The van der Waals surface area contributed by atoms with Crippen molar-refractivity contribution >= 4 is 29.1 Å². The Kier molecular flexibility index (Phi) is 4.90. The number of anilines is 1. The van der Waals surface area contributed by atoms with Gasteiger partial charge in [0.05, 0.1) is 6.54 Å². The molecular formula is C15H12ClFN2O2. The van der Waals surface area contributed by atoms with E-state index in [-0.39, 0.29) is 12.5 Å². The molecule has 0 bridgehead atoms. The molecule has 0 aromatic heterocycles. The average molecular weight is 307 g/mol. The largest absolute Gasteiger partial charge is 0.343 e. The van der Waals surface area contributed by atoms with Gasteiger partial charge >= 0.3 is 0 Å². The van der Waals surface area contributed by atoms with Crippen LogP contribution in [0.1, 0.15) is 10.4 Å². The fourth-order valence-corrected chi connectivity index (χ4v) is 1.76. The summed E-state index contributed by atoms with van der Waals surface area (Å²) < 4.78 is 13.0. The SMILES string of the molecule is O=C(CNC(=O)c1ccc(Cl)cc1)Nc1cccc(F)c1. The number of hydrogen-bond acceptors (Lipinski definition) is 2. The lowest BCUT2D eigenvalue weighted by molar-refractivity contribution is -0.115. The third-order valence-corrected chi connectivity index (χ3v) is 2.88. The average Bonchev–Trinajstić information content (AvgIpc) is 2.45. The molecule has 2 aromatic carbocycles. The van der Waals surface area contributed by atoms with Gasteiger partial charge in [-0.1, -0.05) is 17.7 Å².